The largest absolute Gasteiger partial charge is 0.466 e. The van der Waals surface area contributed by atoms with Crippen LogP contribution in [0, 0.1) is 5.82 Å². The van der Waals surface area contributed by atoms with Gasteiger partial charge in [-0.25, -0.2) is 4.39 Å². The van der Waals surface area contributed by atoms with Gasteiger partial charge in [-0.3, -0.25) is 19.7 Å². The van der Waals surface area contributed by atoms with Crippen LogP contribution in [0.5, 0.6) is 0 Å². The number of hydrogen-bond donors (Lipinski definition) is 2. The Morgan fingerprint density at radius 1 is 1.42 bits per heavy atom. The summed E-state index contributed by atoms with van der Waals surface area (Å²) in [5.41, 5.74) is -0.157. The number of rotatable bonds is 5. The van der Waals surface area contributed by atoms with Gasteiger partial charge in [0.1, 0.15) is 11.9 Å². The van der Waals surface area contributed by atoms with Crippen molar-refractivity contribution in [2.75, 3.05) is 19.7 Å². The predicted octanol–water partition coefficient (Wildman–Crippen LogP) is 0.984. The zero-order chi connectivity index (χ0) is 19.1. The molecule has 1 aliphatic rings. The van der Waals surface area contributed by atoms with Crippen molar-refractivity contribution < 1.29 is 23.5 Å². The van der Waals surface area contributed by atoms with Gasteiger partial charge in [0.15, 0.2) is 5.11 Å². The molecule has 7 nitrogen and oxygen atoms in total. The van der Waals surface area contributed by atoms with Gasteiger partial charge in [0, 0.05) is 13.1 Å². The summed E-state index contributed by atoms with van der Waals surface area (Å²) < 4.78 is 18.7. The van der Waals surface area contributed by atoms with E-state index < -0.39 is 23.7 Å². The number of halogens is 1. The zero-order valence-corrected chi connectivity index (χ0v) is 15.1. The topological polar surface area (TPSA) is 87.7 Å². The Morgan fingerprint density at radius 3 is 2.85 bits per heavy atom. The monoisotopic (exact) mass is 381 g/mol. The fraction of sp³-hybridized carbons (Fsp3) is 0.412. The number of benzene rings is 1. The van der Waals surface area contributed by atoms with Gasteiger partial charge in [0.05, 0.1) is 18.6 Å². The Kier molecular flexibility index (Phi) is 7.02. The molecule has 1 heterocycles. The first kappa shape index (κ1) is 19.8. The van der Waals surface area contributed by atoms with E-state index in [-0.39, 0.29) is 29.6 Å². The van der Waals surface area contributed by atoms with Gasteiger partial charge < -0.3 is 15.0 Å². The smallest absolute Gasteiger partial charge is 0.308 e. The first-order valence-electron chi connectivity index (χ1n) is 8.23. The second-order valence-electron chi connectivity index (χ2n) is 5.66. The first-order valence-corrected chi connectivity index (χ1v) is 8.64. The Balaban J connectivity index is 2.06. The molecule has 0 spiro atoms. The van der Waals surface area contributed by atoms with Gasteiger partial charge in [-0.1, -0.05) is 19.1 Å². The van der Waals surface area contributed by atoms with Crippen LogP contribution in [0.4, 0.5) is 4.39 Å². The van der Waals surface area contributed by atoms with Crippen LogP contribution in [0.1, 0.15) is 30.1 Å². The minimum Gasteiger partial charge on any atom is -0.466 e. The van der Waals surface area contributed by atoms with E-state index in [9.17, 15) is 18.8 Å². The Morgan fingerprint density at radius 2 is 2.15 bits per heavy atom. The molecular weight excluding hydrogens is 361 g/mol. The highest BCUT2D eigenvalue weighted by atomic mass is 32.1. The maximum absolute atomic E-state index is 13.7. The number of thiocarbonyl (C=S) groups is 1. The lowest BCUT2D eigenvalue weighted by molar-refractivity contribution is -0.147. The number of hydrogen-bond acceptors (Lipinski definition) is 5. The van der Waals surface area contributed by atoms with Gasteiger partial charge in [-0.05, 0) is 30.8 Å². The van der Waals surface area contributed by atoms with E-state index in [1.54, 1.807) is 0 Å². The molecule has 140 valence electrons. The molecule has 1 aromatic rings. The molecule has 2 amide bonds. The Hall–Kier alpha value is -2.55. The molecule has 0 radical (unpaired) electrons. The molecule has 0 saturated carbocycles. The Labute approximate surface area is 155 Å². The quantitative estimate of drug-likeness (QED) is 0.584. The van der Waals surface area contributed by atoms with Gasteiger partial charge in [-0.15, -0.1) is 0 Å². The maximum Gasteiger partial charge on any atom is 0.308 e. The number of carbonyl (C=O) groups excluding carboxylic acids is 3. The van der Waals surface area contributed by atoms with E-state index in [2.05, 4.69) is 10.6 Å². The maximum atomic E-state index is 13.7. The first-order chi connectivity index (χ1) is 12.4. The van der Waals surface area contributed by atoms with E-state index in [0.29, 0.717) is 19.5 Å². The van der Waals surface area contributed by atoms with Crippen LogP contribution in [0.3, 0.4) is 0 Å². The van der Waals surface area contributed by atoms with Crippen molar-refractivity contribution >= 4 is 35.1 Å². The molecule has 26 heavy (non-hydrogen) atoms. The molecule has 1 fully saturated rings. The van der Waals surface area contributed by atoms with Crippen molar-refractivity contribution in [1.82, 2.24) is 15.5 Å². The van der Waals surface area contributed by atoms with E-state index in [4.69, 9.17) is 17.0 Å². The van der Waals surface area contributed by atoms with Crippen LogP contribution < -0.4 is 10.6 Å². The molecule has 0 bridgehead atoms. The summed E-state index contributed by atoms with van der Waals surface area (Å²) in [5.74, 6) is -2.30. The molecule has 2 N–H and O–H groups in total. The van der Waals surface area contributed by atoms with Crippen molar-refractivity contribution in [2.24, 2.45) is 0 Å². The molecule has 9 heteroatoms. The molecule has 1 atom stereocenters. The van der Waals surface area contributed by atoms with Crippen molar-refractivity contribution in [3.63, 3.8) is 0 Å². The number of esters is 1. The minimum atomic E-state index is -0.887. The second kappa shape index (κ2) is 9.23. The van der Waals surface area contributed by atoms with E-state index in [1.165, 1.54) is 29.2 Å². The predicted molar refractivity (Wildman–Crippen MR) is 95.8 cm³/mol. The summed E-state index contributed by atoms with van der Waals surface area (Å²) in [4.78, 5) is 37.7. The number of amides is 2. The molecule has 1 aromatic carbocycles. The summed E-state index contributed by atoms with van der Waals surface area (Å²) in [5, 5.41) is 5.03. The third-order valence-electron chi connectivity index (χ3n) is 3.76. The molecule has 1 unspecified atom stereocenters. The van der Waals surface area contributed by atoms with Crippen LogP contribution in [-0.4, -0.2) is 53.5 Å². The summed E-state index contributed by atoms with van der Waals surface area (Å²) >= 11 is 5.20. The second-order valence-corrected chi connectivity index (χ2v) is 6.05. The normalized spacial score (nSPS) is 16.6. The lowest BCUT2D eigenvalue weighted by Gasteiger charge is -2.36. The molecule has 1 saturated heterocycles. The number of ether oxygens (including phenoxy) is 1. The number of nitrogens with zero attached hydrogens (tertiary/aromatic N) is 1. The van der Waals surface area contributed by atoms with Gasteiger partial charge >= 0.3 is 5.97 Å². The standard InChI is InChI=1S/C17H20FN3O4S/c1-2-9-25-14(22)10-13-16(24)19-7-8-21(13)17(26)20-15(23)11-5-3-4-6-12(11)18/h3-6,13H,2,7-10H2,1H3,(H,19,24)(H,20,23,26). The number of carbonyl (C=O) groups is 3. The SMILES string of the molecule is CCCOC(=O)CC1C(=O)NCCN1C(=S)NC(=O)c1ccccc1F. The third kappa shape index (κ3) is 4.98. The summed E-state index contributed by atoms with van der Waals surface area (Å²) in [6.07, 6.45) is 0.477. The summed E-state index contributed by atoms with van der Waals surface area (Å²) in [6.45, 7) is 2.75. The highest BCUT2D eigenvalue weighted by molar-refractivity contribution is 7.80. The Bertz CT molecular complexity index is 713. The van der Waals surface area contributed by atoms with Crippen molar-refractivity contribution in [1.29, 1.82) is 0 Å². The number of piperazine rings is 1. The molecule has 2 rings (SSSR count). The van der Waals surface area contributed by atoms with Crippen molar-refractivity contribution in [3.8, 4) is 0 Å². The van der Waals surface area contributed by atoms with Crippen LogP contribution in [0.15, 0.2) is 24.3 Å². The molecule has 0 aliphatic carbocycles. The van der Waals surface area contributed by atoms with Gasteiger partial charge in [-0.2, -0.15) is 0 Å². The highest BCUT2D eigenvalue weighted by Gasteiger charge is 2.34. The average Bonchev–Trinajstić information content (AvgIpc) is 2.61. The highest BCUT2D eigenvalue weighted by Crippen LogP contribution is 2.12. The van der Waals surface area contributed by atoms with Crippen LogP contribution in [0.25, 0.3) is 0 Å². The average molecular weight is 381 g/mol. The van der Waals surface area contributed by atoms with Gasteiger partial charge in [0.25, 0.3) is 5.91 Å². The lowest BCUT2D eigenvalue weighted by Crippen LogP contribution is -2.60. The van der Waals surface area contributed by atoms with E-state index in [1.807, 2.05) is 6.92 Å². The van der Waals surface area contributed by atoms with Crippen molar-refractivity contribution in [3.05, 3.63) is 35.6 Å². The zero-order valence-electron chi connectivity index (χ0n) is 14.3. The fourth-order valence-electron chi connectivity index (χ4n) is 2.48. The van der Waals surface area contributed by atoms with Crippen LogP contribution >= 0.6 is 12.2 Å². The summed E-state index contributed by atoms with van der Waals surface area (Å²) in [6, 6.07) is 4.61. The van der Waals surface area contributed by atoms with Crippen molar-refractivity contribution in [2.45, 2.75) is 25.8 Å². The van der Waals surface area contributed by atoms with Crippen LogP contribution in [0.2, 0.25) is 0 Å². The molecule has 1 aliphatic heterocycles. The fourth-order valence-corrected chi connectivity index (χ4v) is 2.79. The van der Waals surface area contributed by atoms with E-state index >= 15 is 0 Å². The molecule has 0 aromatic heterocycles. The minimum absolute atomic E-state index is 0.0404. The number of nitrogens with one attached hydrogen (secondary N) is 2. The van der Waals surface area contributed by atoms with Gasteiger partial charge in [0.2, 0.25) is 5.91 Å². The lowest BCUT2D eigenvalue weighted by atomic mass is 10.1. The van der Waals surface area contributed by atoms with E-state index in [0.717, 1.165) is 0 Å². The van der Waals surface area contributed by atoms with Crippen LogP contribution in [-0.2, 0) is 14.3 Å². The summed E-state index contributed by atoms with van der Waals surface area (Å²) in [7, 11) is 0. The third-order valence-corrected chi connectivity index (χ3v) is 4.09. The molecular formula is C17H20FN3O4S.